The molecule has 3 saturated heterocycles. The standard InChI is InChI=1S/C17H25ClN4O/c1-12-16(18)10-22(19-12)11-17(23)21-8-14-4-5-15(9-21)20(7-14)6-13-2-3-13/h10,13-15H,2-9,11H2,1H3/t14-,15-/m0/s1. The van der Waals surface area contributed by atoms with E-state index in [-0.39, 0.29) is 5.91 Å². The summed E-state index contributed by atoms with van der Waals surface area (Å²) in [6, 6.07) is 0.557. The maximum absolute atomic E-state index is 12.7. The van der Waals surface area contributed by atoms with E-state index in [0.29, 0.717) is 23.5 Å². The normalized spacial score (nSPS) is 28.2. The van der Waals surface area contributed by atoms with Crippen molar-refractivity contribution in [1.82, 2.24) is 19.6 Å². The van der Waals surface area contributed by atoms with E-state index in [2.05, 4.69) is 14.9 Å². The molecule has 2 atom stereocenters. The zero-order chi connectivity index (χ0) is 16.0. The molecule has 0 N–H and O–H groups in total. The van der Waals surface area contributed by atoms with Gasteiger partial charge >= 0.3 is 0 Å². The van der Waals surface area contributed by atoms with Gasteiger partial charge in [0.05, 0.1) is 10.7 Å². The van der Waals surface area contributed by atoms with Crippen LogP contribution in [0.15, 0.2) is 6.20 Å². The first-order valence-electron chi connectivity index (χ1n) is 8.80. The lowest BCUT2D eigenvalue weighted by Gasteiger charge is -2.36. The van der Waals surface area contributed by atoms with Gasteiger partial charge in [-0.15, -0.1) is 0 Å². The summed E-state index contributed by atoms with van der Waals surface area (Å²) in [6.07, 6.45) is 7.06. The molecule has 0 unspecified atom stereocenters. The van der Waals surface area contributed by atoms with Gasteiger partial charge in [0.25, 0.3) is 0 Å². The highest BCUT2D eigenvalue weighted by Crippen LogP contribution is 2.34. The van der Waals surface area contributed by atoms with Gasteiger partial charge in [-0.1, -0.05) is 11.6 Å². The van der Waals surface area contributed by atoms with E-state index >= 15 is 0 Å². The number of amides is 1. The van der Waals surface area contributed by atoms with E-state index in [1.165, 1.54) is 38.8 Å². The number of carbonyl (C=O) groups excluding carboxylic acids is 1. The Labute approximate surface area is 142 Å². The Morgan fingerprint density at radius 1 is 1.26 bits per heavy atom. The van der Waals surface area contributed by atoms with Crippen LogP contribution in [0.4, 0.5) is 0 Å². The van der Waals surface area contributed by atoms with Crippen LogP contribution in [0.3, 0.4) is 0 Å². The van der Waals surface area contributed by atoms with E-state index < -0.39 is 0 Å². The Morgan fingerprint density at radius 3 is 2.78 bits per heavy atom. The number of aryl methyl sites for hydroxylation is 1. The zero-order valence-electron chi connectivity index (χ0n) is 13.7. The molecule has 23 heavy (non-hydrogen) atoms. The average Bonchev–Trinajstić information content (AvgIpc) is 3.30. The number of nitrogens with zero attached hydrogens (tertiary/aromatic N) is 4. The Kier molecular flexibility index (Phi) is 4.10. The van der Waals surface area contributed by atoms with Crippen molar-refractivity contribution in [2.45, 2.75) is 45.2 Å². The third-order valence-electron chi connectivity index (χ3n) is 5.55. The van der Waals surface area contributed by atoms with Crippen molar-refractivity contribution in [3.63, 3.8) is 0 Å². The lowest BCUT2D eigenvalue weighted by Crippen LogP contribution is -2.45. The minimum Gasteiger partial charge on any atom is -0.339 e. The molecule has 4 fully saturated rings. The molecule has 3 aliphatic heterocycles. The van der Waals surface area contributed by atoms with Crippen LogP contribution in [0, 0.1) is 18.8 Å². The van der Waals surface area contributed by atoms with Gasteiger partial charge < -0.3 is 4.90 Å². The van der Waals surface area contributed by atoms with Gasteiger partial charge in [0.1, 0.15) is 6.54 Å². The quantitative estimate of drug-likeness (QED) is 0.846. The van der Waals surface area contributed by atoms with Crippen LogP contribution in [0.2, 0.25) is 5.02 Å². The molecule has 0 radical (unpaired) electrons. The SMILES string of the molecule is Cc1nn(CC(=O)N2C[C@H]3CC[C@@H](C2)N(CC2CC2)C3)cc1Cl. The first-order valence-corrected chi connectivity index (χ1v) is 9.17. The first-order chi connectivity index (χ1) is 11.1. The van der Waals surface area contributed by atoms with Gasteiger partial charge in [0, 0.05) is 38.4 Å². The number of hydrogen-bond donors (Lipinski definition) is 0. The molecule has 0 spiro atoms. The van der Waals surface area contributed by atoms with Crippen molar-refractivity contribution in [2.24, 2.45) is 11.8 Å². The number of halogens is 1. The van der Waals surface area contributed by atoms with Crippen LogP contribution < -0.4 is 0 Å². The fourth-order valence-corrected chi connectivity index (χ4v) is 4.20. The van der Waals surface area contributed by atoms with Crippen molar-refractivity contribution in [3.8, 4) is 0 Å². The van der Waals surface area contributed by atoms with Crippen molar-refractivity contribution < 1.29 is 4.79 Å². The highest BCUT2D eigenvalue weighted by Gasteiger charge is 2.38. The second kappa shape index (κ2) is 6.10. The fourth-order valence-electron chi connectivity index (χ4n) is 4.05. The lowest BCUT2D eigenvalue weighted by atomic mass is 9.95. The number of aromatic nitrogens is 2. The number of rotatable bonds is 4. The van der Waals surface area contributed by atoms with E-state index in [9.17, 15) is 4.79 Å². The van der Waals surface area contributed by atoms with Crippen LogP contribution in [0.25, 0.3) is 0 Å². The van der Waals surface area contributed by atoms with Crippen LogP contribution in [0.5, 0.6) is 0 Å². The minimum absolute atomic E-state index is 0.175. The summed E-state index contributed by atoms with van der Waals surface area (Å²) in [5.74, 6) is 1.74. The van der Waals surface area contributed by atoms with Crippen molar-refractivity contribution in [1.29, 1.82) is 0 Å². The van der Waals surface area contributed by atoms with Gasteiger partial charge in [0.15, 0.2) is 0 Å². The number of carbonyl (C=O) groups is 1. The molecule has 4 heterocycles. The smallest absolute Gasteiger partial charge is 0.244 e. The Balaban J connectivity index is 1.41. The number of fused-ring (bicyclic) bond motifs is 4. The Hall–Kier alpha value is -1.07. The molecule has 6 heteroatoms. The first kappa shape index (κ1) is 15.5. The third kappa shape index (κ3) is 3.41. The maximum atomic E-state index is 12.7. The molecular formula is C17H25ClN4O. The van der Waals surface area contributed by atoms with Gasteiger partial charge in [-0.25, -0.2) is 0 Å². The predicted octanol–water partition coefficient (Wildman–Crippen LogP) is 2.18. The summed E-state index contributed by atoms with van der Waals surface area (Å²) in [5, 5.41) is 4.94. The van der Waals surface area contributed by atoms with Gasteiger partial charge in [-0.05, 0) is 44.4 Å². The van der Waals surface area contributed by atoms with Gasteiger partial charge in [0.2, 0.25) is 5.91 Å². The Bertz CT molecular complexity index is 578. The Morgan fingerprint density at radius 2 is 2.09 bits per heavy atom. The topological polar surface area (TPSA) is 41.4 Å². The summed E-state index contributed by atoms with van der Waals surface area (Å²) >= 11 is 6.04. The predicted molar refractivity (Wildman–Crippen MR) is 89.4 cm³/mol. The second-order valence-corrected chi connectivity index (χ2v) is 7.96. The monoisotopic (exact) mass is 336 g/mol. The summed E-state index contributed by atoms with van der Waals surface area (Å²) in [4.78, 5) is 17.4. The fraction of sp³-hybridized carbons (Fsp3) is 0.765. The third-order valence-corrected chi connectivity index (χ3v) is 5.92. The number of piperidine rings is 1. The highest BCUT2D eigenvalue weighted by atomic mass is 35.5. The minimum atomic E-state index is 0.175. The average molecular weight is 337 g/mol. The maximum Gasteiger partial charge on any atom is 0.244 e. The molecule has 0 aromatic carbocycles. The van der Waals surface area contributed by atoms with E-state index in [4.69, 9.17) is 11.6 Å². The molecule has 1 aromatic rings. The van der Waals surface area contributed by atoms with E-state index in [1.54, 1.807) is 10.9 Å². The summed E-state index contributed by atoms with van der Waals surface area (Å²) in [6.45, 7) is 6.39. The van der Waals surface area contributed by atoms with Crippen LogP contribution in [-0.4, -0.2) is 57.7 Å². The molecule has 1 amide bonds. The molecule has 5 nitrogen and oxygen atoms in total. The molecule has 2 bridgehead atoms. The zero-order valence-corrected chi connectivity index (χ0v) is 14.5. The highest BCUT2D eigenvalue weighted by molar-refractivity contribution is 6.31. The van der Waals surface area contributed by atoms with Crippen molar-refractivity contribution >= 4 is 17.5 Å². The number of hydrogen-bond acceptors (Lipinski definition) is 3. The van der Waals surface area contributed by atoms with E-state index in [0.717, 1.165) is 24.7 Å². The van der Waals surface area contributed by atoms with E-state index in [1.807, 2.05) is 6.92 Å². The van der Waals surface area contributed by atoms with Gasteiger partial charge in [-0.3, -0.25) is 14.4 Å². The second-order valence-electron chi connectivity index (χ2n) is 7.55. The van der Waals surface area contributed by atoms with Crippen LogP contribution in [0.1, 0.15) is 31.4 Å². The molecule has 126 valence electrons. The van der Waals surface area contributed by atoms with Crippen LogP contribution >= 0.6 is 11.6 Å². The van der Waals surface area contributed by atoms with Crippen LogP contribution in [-0.2, 0) is 11.3 Å². The van der Waals surface area contributed by atoms with Gasteiger partial charge in [-0.2, -0.15) is 5.10 Å². The van der Waals surface area contributed by atoms with Crippen molar-refractivity contribution in [3.05, 3.63) is 16.9 Å². The molecule has 1 aromatic heterocycles. The largest absolute Gasteiger partial charge is 0.339 e. The summed E-state index contributed by atoms with van der Waals surface area (Å²) < 4.78 is 1.68. The molecule has 5 rings (SSSR count). The molecule has 1 saturated carbocycles. The summed E-state index contributed by atoms with van der Waals surface area (Å²) in [7, 11) is 0. The molecular weight excluding hydrogens is 312 g/mol. The summed E-state index contributed by atoms with van der Waals surface area (Å²) in [5.41, 5.74) is 0.783. The van der Waals surface area contributed by atoms with Crippen molar-refractivity contribution in [2.75, 3.05) is 26.2 Å². The molecule has 1 aliphatic carbocycles. The lowest BCUT2D eigenvalue weighted by molar-refractivity contribution is -0.132. The molecule has 4 aliphatic rings.